The molecule has 2 aliphatic rings. The topological polar surface area (TPSA) is 21.3 Å². The van der Waals surface area contributed by atoms with E-state index < -0.39 is 0 Å². The van der Waals surface area contributed by atoms with Crippen LogP contribution in [0.2, 0.25) is 0 Å². The predicted octanol–water partition coefficient (Wildman–Crippen LogP) is 13.8. The van der Waals surface area contributed by atoms with E-state index in [2.05, 4.69) is 173 Å². The maximum Gasteiger partial charge on any atom is 0.333 e. The minimum atomic E-state index is -0.131. The van der Waals surface area contributed by atoms with Gasteiger partial charge in [0.1, 0.15) is 5.58 Å². The summed E-state index contributed by atoms with van der Waals surface area (Å²) in [6.45, 7) is -0.131. The largest absolute Gasteiger partial charge is 0.454 e. The van der Waals surface area contributed by atoms with Gasteiger partial charge in [-0.05, 0) is 81.9 Å². The predicted molar refractivity (Wildman–Crippen MR) is 250 cm³/mol. The van der Waals surface area contributed by atoms with Crippen LogP contribution in [0.5, 0.6) is 0 Å². The highest BCUT2D eigenvalue weighted by molar-refractivity contribution is 7.26. The number of benzene rings is 9. The van der Waals surface area contributed by atoms with Crippen LogP contribution >= 0.6 is 22.7 Å². The Kier molecular flexibility index (Phi) is 5.51. The number of hydrogen-bond acceptors (Lipinski definition) is 4. The standard InChI is InChI=1S/C52H27BN2OS2/c1-2-12-29-28(11-1)23-24-37-45(29)33-16-9-17-36-50(33)54(37)51-49-35(27-34-30-13-3-6-19-40(30)56-52(34)51)47-39(25-26-44-48(47)32-15-5-8-21-42(32)58-44)55(53(36)49)38-18-10-22-43-46(38)31-14-4-7-20-41(31)57-43/h1-27H. The number of anilines is 2. The van der Waals surface area contributed by atoms with E-state index in [1.807, 2.05) is 22.7 Å². The van der Waals surface area contributed by atoms with Crippen molar-refractivity contribution in [2.24, 2.45) is 0 Å². The Bertz CT molecular complexity index is 4020. The number of nitrogens with zero attached hydrogens (tertiary/aromatic N) is 2. The zero-order valence-corrected chi connectivity index (χ0v) is 32.4. The monoisotopic (exact) mass is 770 g/mol. The van der Waals surface area contributed by atoms with Crippen LogP contribution in [0.1, 0.15) is 0 Å². The molecule has 4 aromatic heterocycles. The highest BCUT2D eigenvalue weighted by Crippen LogP contribution is 2.54. The molecule has 0 radical (unpaired) electrons. The molecule has 0 saturated carbocycles. The molecule has 15 rings (SSSR count). The van der Waals surface area contributed by atoms with E-state index in [0.29, 0.717) is 0 Å². The summed E-state index contributed by atoms with van der Waals surface area (Å²) in [7, 11) is 0. The van der Waals surface area contributed by atoms with Gasteiger partial charge < -0.3 is 13.8 Å². The van der Waals surface area contributed by atoms with Crippen LogP contribution in [0.3, 0.4) is 0 Å². The number of fused-ring (bicyclic) bond motifs is 20. The van der Waals surface area contributed by atoms with E-state index in [-0.39, 0.29) is 6.85 Å². The molecule has 266 valence electrons. The quantitative estimate of drug-likeness (QED) is 0.155. The molecule has 0 N–H and O–H groups in total. The third-order valence-electron chi connectivity index (χ3n) is 13.1. The minimum absolute atomic E-state index is 0.131. The first-order chi connectivity index (χ1) is 28.8. The van der Waals surface area contributed by atoms with Crippen molar-refractivity contribution in [1.29, 1.82) is 0 Å². The van der Waals surface area contributed by atoms with Crippen molar-refractivity contribution in [1.82, 2.24) is 4.57 Å². The third kappa shape index (κ3) is 3.55. The van der Waals surface area contributed by atoms with Crippen molar-refractivity contribution in [3.8, 4) is 16.8 Å². The molecule has 0 fully saturated rings. The van der Waals surface area contributed by atoms with Gasteiger partial charge in [-0.2, -0.15) is 0 Å². The SMILES string of the molecule is c1ccc2c(c1)ccc1c2c2cccc3c2n1-c1c2c(cc4c1oc1ccccc14)-c1c(ccc4sc5ccccc5c14)N(c1cccc4sc5ccccc5c14)B23. The van der Waals surface area contributed by atoms with Gasteiger partial charge in [-0.3, -0.25) is 0 Å². The van der Waals surface area contributed by atoms with E-state index in [1.165, 1.54) is 106 Å². The molecule has 0 spiro atoms. The molecule has 0 amide bonds. The lowest BCUT2D eigenvalue weighted by molar-refractivity contribution is 0.667. The van der Waals surface area contributed by atoms with Crippen molar-refractivity contribution in [2.75, 3.05) is 4.81 Å². The van der Waals surface area contributed by atoms with Gasteiger partial charge in [-0.15, -0.1) is 22.7 Å². The Labute approximate surface area is 339 Å². The third-order valence-corrected chi connectivity index (χ3v) is 15.4. The van der Waals surface area contributed by atoms with Crippen LogP contribution in [0, 0.1) is 0 Å². The fraction of sp³-hybridized carbons (Fsp3) is 0. The second-order valence-electron chi connectivity index (χ2n) is 15.9. The summed E-state index contributed by atoms with van der Waals surface area (Å²) in [5.74, 6) is 0. The smallest absolute Gasteiger partial charge is 0.333 e. The lowest BCUT2D eigenvalue weighted by Crippen LogP contribution is -2.60. The van der Waals surface area contributed by atoms with Crippen molar-refractivity contribution >= 4 is 147 Å². The molecule has 0 aliphatic carbocycles. The molecule has 0 saturated heterocycles. The Morgan fingerprint density at radius 1 is 0.483 bits per heavy atom. The molecule has 3 nitrogen and oxygen atoms in total. The van der Waals surface area contributed by atoms with Crippen molar-refractivity contribution in [3.05, 3.63) is 164 Å². The van der Waals surface area contributed by atoms with Crippen LogP contribution in [0.25, 0.3) is 112 Å². The Morgan fingerprint density at radius 3 is 2.03 bits per heavy atom. The number of thiophene rings is 2. The fourth-order valence-electron chi connectivity index (χ4n) is 10.9. The van der Waals surface area contributed by atoms with Gasteiger partial charge in [-0.1, -0.05) is 109 Å². The van der Waals surface area contributed by atoms with Crippen LogP contribution in [-0.2, 0) is 0 Å². The van der Waals surface area contributed by atoms with E-state index >= 15 is 0 Å². The first-order valence-electron chi connectivity index (χ1n) is 19.9. The molecule has 9 aromatic carbocycles. The fourth-order valence-corrected chi connectivity index (χ4v) is 13.2. The van der Waals surface area contributed by atoms with Crippen LogP contribution in [0.15, 0.2) is 168 Å². The van der Waals surface area contributed by atoms with E-state index in [4.69, 9.17) is 4.42 Å². The van der Waals surface area contributed by atoms with Gasteiger partial charge >= 0.3 is 6.85 Å². The molecule has 0 atom stereocenters. The maximum atomic E-state index is 7.13. The van der Waals surface area contributed by atoms with E-state index in [9.17, 15) is 0 Å². The molecular formula is C52H27BN2OS2. The summed E-state index contributed by atoms with van der Waals surface area (Å²) in [4.78, 5) is 2.71. The van der Waals surface area contributed by atoms with Crippen molar-refractivity contribution in [2.45, 2.75) is 0 Å². The van der Waals surface area contributed by atoms with Gasteiger partial charge in [0.15, 0.2) is 5.58 Å². The van der Waals surface area contributed by atoms with E-state index in [1.54, 1.807) is 0 Å². The highest BCUT2D eigenvalue weighted by atomic mass is 32.1. The number of rotatable bonds is 1. The molecule has 0 unspecified atom stereocenters. The average molecular weight is 771 g/mol. The zero-order valence-electron chi connectivity index (χ0n) is 30.8. The van der Waals surface area contributed by atoms with Gasteiger partial charge in [-0.25, -0.2) is 0 Å². The number of aromatic nitrogens is 1. The van der Waals surface area contributed by atoms with Gasteiger partial charge in [0.25, 0.3) is 0 Å². The summed E-state index contributed by atoms with van der Waals surface area (Å²) in [6.07, 6.45) is 0. The van der Waals surface area contributed by atoms with E-state index in [0.717, 1.165) is 27.6 Å². The maximum absolute atomic E-state index is 7.13. The highest BCUT2D eigenvalue weighted by Gasteiger charge is 2.46. The molecule has 6 heterocycles. The zero-order chi connectivity index (χ0) is 37.4. The van der Waals surface area contributed by atoms with Crippen LogP contribution < -0.4 is 15.7 Å². The Morgan fingerprint density at radius 2 is 1.17 bits per heavy atom. The molecule has 13 aromatic rings. The number of para-hydroxylation sites is 2. The normalized spacial score (nSPS) is 13.4. The first kappa shape index (κ1) is 30.3. The second kappa shape index (κ2) is 10.5. The number of furan rings is 1. The van der Waals surface area contributed by atoms with Gasteiger partial charge in [0.2, 0.25) is 0 Å². The summed E-state index contributed by atoms with van der Waals surface area (Å²) in [5.41, 5.74) is 13.1. The Balaban J connectivity index is 1.22. The van der Waals surface area contributed by atoms with Crippen LogP contribution in [-0.4, -0.2) is 11.4 Å². The minimum Gasteiger partial charge on any atom is -0.454 e. The second-order valence-corrected chi connectivity index (χ2v) is 18.0. The van der Waals surface area contributed by atoms with Gasteiger partial charge in [0.05, 0.1) is 16.7 Å². The Hall–Kier alpha value is -6.86. The summed E-state index contributed by atoms with van der Waals surface area (Å²) >= 11 is 3.78. The number of hydrogen-bond donors (Lipinski definition) is 0. The summed E-state index contributed by atoms with van der Waals surface area (Å²) < 4.78 is 14.9. The molecule has 0 bridgehead atoms. The van der Waals surface area contributed by atoms with Crippen LogP contribution in [0.4, 0.5) is 11.4 Å². The summed E-state index contributed by atoms with van der Waals surface area (Å²) in [5, 5.41) is 12.6. The van der Waals surface area contributed by atoms with Gasteiger partial charge in [0, 0.05) is 78.8 Å². The molecule has 58 heavy (non-hydrogen) atoms. The molecular weight excluding hydrogens is 744 g/mol. The lowest BCUT2D eigenvalue weighted by Gasteiger charge is -2.42. The molecule has 2 aliphatic heterocycles. The van der Waals surface area contributed by atoms with Crippen molar-refractivity contribution in [3.63, 3.8) is 0 Å². The first-order valence-corrected chi connectivity index (χ1v) is 21.5. The summed E-state index contributed by atoms with van der Waals surface area (Å²) in [6, 6.07) is 61.2. The average Bonchev–Trinajstić information content (AvgIpc) is 4.04. The molecule has 6 heteroatoms. The lowest BCUT2D eigenvalue weighted by atomic mass is 9.43. The van der Waals surface area contributed by atoms with Crippen molar-refractivity contribution < 1.29 is 4.42 Å².